The van der Waals surface area contributed by atoms with Gasteiger partial charge in [-0.2, -0.15) is 0 Å². The molecule has 5 heteroatoms. The van der Waals surface area contributed by atoms with Crippen molar-refractivity contribution < 1.29 is 14.7 Å². The summed E-state index contributed by atoms with van der Waals surface area (Å²) in [7, 11) is 3.68. The highest BCUT2D eigenvalue weighted by atomic mass is 16.3. The van der Waals surface area contributed by atoms with E-state index in [0.717, 1.165) is 0 Å². The zero-order valence-electron chi connectivity index (χ0n) is 10.4. The van der Waals surface area contributed by atoms with E-state index in [2.05, 4.69) is 0 Å². The summed E-state index contributed by atoms with van der Waals surface area (Å²) < 4.78 is 0. The number of β-amino-alcohol motifs (C(OH)–C–C–N with tert-alkyl or cyclic N) is 1. The zero-order chi connectivity index (χ0) is 12.5. The first-order valence-electron chi connectivity index (χ1n) is 5.44. The van der Waals surface area contributed by atoms with Gasteiger partial charge in [0.25, 0.3) is 0 Å². The van der Waals surface area contributed by atoms with Gasteiger partial charge in [-0.15, -0.1) is 0 Å². The van der Waals surface area contributed by atoms with Gasteiger partial charge in [-0.25, -0.2) is 0 Å². The minimum absolute atomic E-state index is 0.0766. The van der Waals surface area contributed by atoms with Crippen molar-refractivity contribution in [2.24, 2.45) is 5.92 Å². The summed E-state index contributed by atoms with van der Waals surface area (Å²) in [5.74, 6) is -0.608. The van der Waals surface area contributed by atoms with Crippen molar-refractivity contribution in [3.8, 4) is 0 Å². The minimum Gasteiger partial charge on any atom is -0.387 e. The van der Waals surface area contributed by atoms with Crippen molar-refractivity contribution in [1.82, 2.24) is 9.80 Å². The summed E-state index contributed by atoms with van der Waals surface area (Å²) in [6.45, 7) is 3.86. The SMILES string of the molecule is CC1CC(=O)N(CC(C)(O)CN(C)C)C1=O. The van der Waals surface area contributed by atoms with Crippen LogP contribution in [0.2, 0.25) is 0 Å². The van der Waals surface area contributed by atoms with Gasteiger partial charge >= 0.3 is 0 Å². The first-order valence-corrected chi connectivity index (χ1v) is 5.44. The smallest absolute Gasteiger partial charge is 0.232 e. The molecule has 0 aromatic rings. The molecule has 1 heterocycles. The Morgan fingerprint density at radius 2 is 2.06 bits per heavy atom. The van der Waals surface area contributed by atoms with E-state index in [1.807, 2.05) is 19.0 Å². The van der Waals surface area contributed by atoms with Gasteiger partial charge in [-0.05, 0) is 21.0 Å². The maximum Gasteiger partial charge on any atom is 0.232 e. The van der Waals surface area contributed by atoms with Crippen LogP contribution in [0.5, 0.6) is 0 Å². The zero-order valence-corrected chi connectivity index (χ0v) is 10.4. The Bertz CT molecular complexity index is 300. The lowest BCUT2D eigenvalue weighted by Crippen LogP contribution is -2.49. The summed E-state index contributed by atoms with van der Waals surface area (Å²) in [5.41, 5.74) is -1.06. The number of rotatable bonds is 4. The third kappa shape index (κ3) is 3.02. The molecule has 5 nitrogen and oxygen atoms in total. The summed E-state index contributed by atoms with van der Waals surface area (Å²) in [4.78, 5) is 26.2. The number of hydrogen-bond acceptors (Lipinski definition) is 4. The van der Waals surface area contributed by atoms with Crippen LogP contribution >= 0.6 is 0 Å². The lowest BCUT2D eigenvalue weighted by Gasteiger charge is -2.30. The molecule has 0 bridgehead atoms. The maximum atomic E-state index is 11.7. The van der Waals surface area contributed by atoms with Crippen molar-refractivity contribution in [3.05, 3.63) is 0 Å². The molecule has 2 unspecified atom stereocenters. The second kappa shape index (κ2) is 4.51. The highest BCUT2D eigenvalue weighted by molar-refractivity contribution is 6.03. The van der Waals surface area contributed by atoms with E-state index < -0.39 is 5.60 Å². The van der Waals surface area contributed by atoms with Gasteiger partial charge in [-0.1, -0.05) is 6.92 Å². The predicted octanol–water partition coefficient (Wildman–Crippen LogP) is -0.306. The molecule has 0 aromatic carbocycles. The van der Waals surface area contributed by atoms with Crippen LogP contribution in [0.15, 0.2) is 0 Å². The number of carbonyl (C=O) groups is 2. The van der Waals surface area contributed by atoms with E-state index in [1.54, 1.807) is 13.8 Å². The van der Waals surface area contributed by atoms with Gasteiger partial charge in [-0.3, -0.25) is 14.5 Å². The van der Waals surface area contributed by atoms with Crippen molar-refractivity contribution in [1.29, 1.82) is 0 Å². The van der Waals surface area contributed by atoms with Crippen molar-refractivity contribution in [2.45, 2.75) is 25.9 Å². The Balaban J connectivity index is 2.66. The van der Waals surface area contributed by atoms with Crippen LogP contribution in [0, 0.1) is 5.92 Å². The fourth-order valence-corrected chi connectivity index (χ4v) is 2.09. The Morgan fingerprint density at radius 3 is 2.44 bits per heavy atom. The Kier molecular flexibility index (Phi) is 3.70. The van der Waals surface area contributed by atoms with E-state index in [0.29, 0.717) is 6.54 Å². The molecule has 0 aliphatic carbocycles. The number of imide groups is 1. The summed E-state index contributed by atoms with van der Waals surface area (Å²) in [6.07, 6.45) is 0.261. The Hall–Kier alpha value is -0.940. The fraction of sp³-hybridized carbons (Fsp3) is 0.818. The van der Waals surface area contributed by atoms with Crippen LogP contribution in [-0.2, 0) is 9.59 Å². The molecule has 1 aliphatic heterocycles. The number of aliphatic hydroxyl groups is 1. The monoisotopic (exact) mass is 228 g/mol. The Morgan fingerprint density at radius 1 is 1.50 bits per heavy atom. The number of hydrogen-bond donors (Lipinski definition) is 1. The highest BCUT2D eigenvalue weighted by Gasteiger charge is 2.39. The predicted molar refractivity (Wildman–Crippen MR) is 59.7 cm³/mol. The number of carbonyl (C=O) groups excluding carboxylic acids is 2. The van der Waals surface area contributed by atoms with Crippen LogP contribution in [-0.4, -0.2) is 59.5 Å². The molecule has 1 N–H and O–H groups in total. The van der Waals surface area contributed by atoms with Crippen molar-refractivity contribution >= 4 is 11.8 Å². The molecular weight excluding hydrogens is 208 g/mol. The molecule has 92 valence electrons. The van der Waals surface area contributed by atoms with E-state index in [-0.39, 0.29) is 30.7 Å². The normalized spacial score (nSPS) is 25.4. The number of nitrogens with zero attached hydrogens (tertiary/aromatic N) is 2. The molecule has 0 saturated carbocycles. The number of likely N-dealkylation sites (N-methyl/N-ethyl adjacent to an activating group) is 1. The Labute approximate surface area is 96.0 Å². The lowest BCUT2D eigenvalue weighted by atomic mass is 10.1. The lowest BCUT2D eigenvalue weighted by molar-refractivity contribution is -0.143. The van der Waals surface area contributed by atoms with Crippen LogP contribution in [0.3, 0.4) is 0 Å². The van der Waals surface area contributed by atoms with Gasteiger partial charge < -0.3 is 10.0 Å². The molecule has 1 aliphatic rings. The van der Waals surface area contributed by atoms with Crippen LogP contribution < -0.4 is 0 Å². The third-order valence-corrected chi connectivity index (χ3v) is 2.63. The molecule has 2 atom stereocenters. The molecule has 2 amide bonds. The van der Waals surface area contributed by atoms with E-state index in [9.17, 15) is 14.7 Å². The van der Waals surface area contributed by atoms with Gasteiger partial charge in [0.05, 0.1) is 12.1 Å². The maximum absolute atomic E-state index is 11.7. The average molecular weight is 228 g/mol. The molecule has 16 heavy (non-hydrogen) atoms. The average Bonchev–Trinajstić information content (AvgIpc) is 2.29. The van der Waals surface area contributed by atoms with Crippen LogP contribution in [0.4, 0.5) is 0 Å². The van der Waals surface area contributed by atoms with Crippen molar-refractivity contribution in [3.63, 3.8) is 0 Å². The van der Waals surface area contributed by atoms with E-state index >= 15 is 0 Å². The van der Waals surface area contributed by atoms with E-state index in [4.69, 9.17) is 0 Å². The standard InChI is InChI=1S/C11H20N2O3/c1-8-5-9(14)13(10(8)15)7-11(2,16)6-12(3)4/h8,16H,5-7H2,1-4H3. The fourth-order valence-electron chi connectivity index (χ4n) is 2.09. The molecular formula is C11H20N2O3. The summed E-state index contributed by atoms with van der Waals surface area (Å²) in [5, 5.41) is 10.1. The van der Waals surface area contributed by atoms with Crippen LogP contribution in [0.25, 0.3) is 0 Å². The molecule has 1 rings (SSSR count). The molecule has 0 spiro atoms. The molecule has 1 saturated heterocycles. The number of amides is 2. The van der Waals surface area contributed by atoms with Crippen LogP contribution in [0.1, 0.15) is 20.3 Å². The largest absolute Gasteiger partial charge is 0.387 e. The van der Waals surface area contributed by atoms with Gasteiger partial charge in [0, 0.05) is 18.9 Å². The first kappa shape index (κ1) is 13.1. The molecule has 0 radical (unpaired) electrons. The quantitative estimate of drug-likeness (QED) is 0.671. The van der Waals surface area contributed by atoms with Crippen molar-refractivity contribution in [2.75, 3.05) is 27.2 Å². The van der Waals surface area contributed by atoms with Gasteiger partial charge in [0.15, 0.2) is 0 Å². The minimum atomic E-state index is -1.06. The first-order chi connectivity index (χ1) is 7.23. The van der Waals surface area contributed by atoms with Gasteiger partial charge in [0.2, 0.25) is 11.8 Å². The molecule has 1 fully saturated rings. The summed E-state index contributed by atoms with van der Waals surface area (Å²) in [6, 6.07) is 0. The number of likely N-dealkylation sites (tertiary alicyclic amines) is 1. The topological polar surface area (TPSA) is 60.9 Å². The molecule has 0 aromatic heterocycles. The summed E-state index contributed by atoms with van der Waals surface area (Å²) >= 11 is 0. The second-order valence-electron chi connectivity index (χ2n) is 5.16. The highest BCUT2D eigenvalue weighted by Crippen LogP contribution is 2.21. The van der Waals surface area contributed by atoms with E-state index in [1.165, 1.54) is 4.90 Å². The second-order valence-corrected chi connectivity index (χ2v) is 5.16. The third-order valence-electron chi connectivity index (χ3n) is 2.63. The van der Waals surface area contributed by atoms with Gasteiger partial charge in [0.1, 0.15) is 0 Å².